The van der Waals surface area contributed by atoms with Gasteiger partial charge in [-0.05, 0) is 20.3 Å². The first-order valence-electron chi connectivity index (χ1n) is 8.02. The van der Waals surface area contributed by atoms with Crippen molar-refractivity contribution in [1.82, 2.24) is 15.6 Å². The van der Waals surface area contributed by atoms with E-state index in [9.17, 15) is 0 Å². The Hall–Kier alpha value is -1.14. The van der Waals surface area contributed by atoms with Crippen molar-refractivity contribution < 1.29 is 4.74 Å². The summed E-state index contributed by atoms with van der Waals surface area (Å²) in [6, 6.07) is 0. The summed E-state index contributed by atoms with van der Waals surface area (Å²) < 4.78 is 5.33. The number of aromatic nitrogens is 1. The van der Waals surface area contributed by atoms with Crippen LogP contribution >= 0.6 is 11.3 Å². The van der Waals surface area contributed by atoms with Gasteiger partial charge >= 0.3 is 0 Å². The lowest BCUT2D eigenvalue weighted by Gasteiger charge is -2.14. The largest absolute Gasteiger partial charge is 0.382 e. The SMILES string of the molecule is CCNC(=NCc1nc(C(C)(C)C)cs1)NCCCOCC. The summed E-state index contributed by atoms with van der Waals surface area (Å²) in [6.45, 7) is 14.5. The Morgan fingerprint density at radius 1 is 1.32 bits per heavy atom. The van der Waals surface area contributed by atoms with E-state index in [0.717, 1.165) is 49.4 Å². The van der Waals surface area contributed by atoms with Crippen LogP contribution in [0.2, 0.25) is 0 Å². The van der Waals surface area contributed by atoms with E-state index in [1.807, 2.05) is 6.92 Å². The first kappa shape index (κ1) is 18.9. The Balaban J connectivity index is 2.49. The van der Waals surface area contributed by atoms with Crippen molar-refractivity contribution in [3.63, 3.8) is 0 Å². The molecule has 5 nitrogen and oxygen atoms in total. The zero-order valence-corrected chi connectivity index (χ0v) is 15.3. The van der Waals surface area contributed by atoms with Gasteiger partial charge in [0.25, 0.3) is 0 Å². The summed E-state index contributed by atoms with van der Waals surface area (Å²) in [4.78, 5) is 9.27. The summed E-state index contributed by atoms with van der Waals surface area (Å²) in [7, 11) is 0. The molecule has 0 aliphatic carbocycles. The van der Waals surface area contributed by atoms with E-state index in [-0.39, 0.29) is 5.41 Å². The molecule has 0 aromatic carbocycles. The Morgan fingerprint density at radius 3 is 2.68 bits per heavy atom. The first-order chi connectivity index (χ1) is 10.5. The smallest absolute Gasteiger partial charge is 0.191 e. The number of guanidine groups is 1. The van der Waals surface area contributed by atoms with Crippen molar-refractivity contribution in [3.8, 4) is 0 Å². The highest BCUT2D eigenvalue weighted by Crippen LogP contribution is 2.24. The van der Waals surface area contributed by atoms with E-state index in [1.54, 1.807) is 11.3 Å². The molecule has 0 atom stereocenters. The van der Waals surface area contributed by atoms with Gasteiger partial charge in [-0.2, -0.15) is 0 Å². The third-order valence-electron chi connectivity index (χ3n) is 3.00. The van der Waals surface area contributed by atoms with Crippen molar-refractivity contribution in [2.24, 2.45) is 4.99 Å². The lowest BCUT2D eigenvalue weighted by atomic mass is 9.93. The van der Waals surface area contributed by atoms with Crippen LogP contribution in [-0.2, 0) is 16.7 Å². The highest BCUT2D eigenvalue weighted by molar-refractivity contribution is 7.09. The van der Waals surface area contributed by atoms with Crippen molar-refractivity contribution >= 4 is 17.3 Å². The number of aliphatic imine (C=N–C) groups is 1. The van der Waals surface area contributed by atoms with Crippen molar-refractivity contribution in [2.75, 3.05) is 26.3 Å². The quantitative estimate of drug-likeness (QED) is 0.438. The Kier molecular flexibility index (Phi) is 8.42. The molecule has 0 fully saturated rings. The molecule has 0 radical (unpaired) electrons. The molecule has 0 unspecified atom stereocenters. The molecule has 1 aromatic heterocycles. The van der Waals surface area contributed by atoms with Crippen LogP contribution in [0.4, 0.5) is 0 Å². The van der Waals surface area contributed by atoms with Gasteiger partial charge < -0.3 is 15.4 Å². The third kappa shape index (κ3) is 7.22. The van der Waals surface area contributed by atoms with Gasteiger partial charge in [0.1, 0.15) is 5.01 Å². The molecule has 0 spiro atoms. The predicted molar refractivity (Wildman–Crippen MR) is 94.7 cm³/mol. The molecule has 2 N–H and O–H groups in total. The van der Waals surface area contributed by atoms with Crippen LogP contribution < -0.4 is 10.6 Å². The van der Waals surface area contributed by atoms with Crippen LogP contribution in [-0.4, -0.2) is 37.2 Å². The van der Waals surface area contributed by atoms with Crippen molar-refractivity contribution in [1.29, 1.82) is 0 Å². The topological polar surface area (TPSA) is 58.5 Å². The van der Waals surface area contributed by atoms with Gasteiger partial charge in [-0.3, -0.25) is 0 Å². The van der Waals surface area contributed by atoms with Crippen molar-refractivity contribution in [3.05, 3.63) is 16.1 Å². The molecule has 0 amide bonds. The van der Waals surface area contributed by atoms with Crippen LogP contribution in [0, 0.1) is 0 Å². The minimum absolute atomic E-state index is 0.0977. The fraction of sp³-hybridized carbons (Fsp3) is 0.750. The molecule has 1 aromatic rings. The number of ether oxygens (including phenoxy) is 1. The molecule has 22 heavy (non-hydrogen) atoms. The van der Waals surface area contributed by atoms with Gasteiger partial charge in [0.2, 0.25) is 0 Å². The maximum absolute atomic E-state index is 5.33. The molecule has 0 aliphatic rings. The number of rotatable bonds is 8. The highest BCUT2D eigenvalue weighted by atomic mass is 32.1. The Labute approximate surface area is 138 Å². The number of nitrogens with one attached hydrogen (secondary N) is 2. The Morgan fingerprint density at radius 2 is 2.09 bits per heavy atom. The standard InChI is InChI=1S/C16H30N4OS/c1-6-17-15(18-9-8-10-21-7-2)19-11-14-20-13(12-22-14)16(3,4)5/h12H,6-11H2,1-5H3,(H2,17,18,19). The molecule has 126 valence electrons. The number of hydrogen-bond donors (Lipinski definition) is 2. The second-order valence-electron chi connectivity index (χ2n) is 6.05. The minimum Gasteiger partial charge on any atom is -0.382 e. The molecule has 0 aliphatic heterocycles. The van der Waals surface area contributed by atoms with Gasteiger partial charge in [-0.15, -0.1) is 11.3 Å². The van der Waals surface area contributed by atoms with Gasteiger partial charge in [-0.25, -0.2) is 9.98 Å². The second kappa shape index (κ2) is 9.79. The summed E-state index contributed by atoms with van der Waals surface area (Å²) in [6.07, 6.45) is 0.976. The van der Waals surface area contributed by atoms with Crippen LogP contribution in [0.1, 0.15) is 51.7 Å². The molecule has 6 heteroatoms. The molecule has 0 saturated heterocycles. The number of thiazole rings is 1. The molecule has 1 heterocycles. The van der Waals surface area contributed by atoms with Gasteiger partial charge in [-0.1, -0.05) is 20.8 Å². The monoisotopic (exact) mass is 326 g/mol. The second-order valence-corrected chi connectivity index (χ2v) is 6.99. The fourth-order valence-corrected chi connectivity index (χ4v) is 2.69. The number of hydrogen-bond acceptors (Lipinski definition) is 4. The zero-order chi connectivity index (χ0) is 16.4. The van der Waals surface area contributed by atoms with E-state index < -0.39 is 0 Å². The molecular weight excluding hydrogens is 296 g/mol. The molecular formula is C16H30N4OS. The van der Waals surface area contributed by atoms with Crippen LogP contribution in [0.5, 0.6) is 0 Å². The number of nitrogens with zero attached hydrogens (tertiary/aromatic N) is 2. The summed E-state index contributed by atoms with van der Waals surface area (Å²) in [5.41, 5.74) is 1.23. The van der Waals surface area contributed by atoms with E-state index >= 15 is 0 Å². The zero-order valence-electron chi connectivity index (χ0n) is 14.5. The average molecular weight is 327 g/mol. The lowest BCUT2D eigenvalue weighted by molar-refractivity contribution is 0.145. The van der Waals surface area contributed by atoms with E-state index in [4.69, 9.17) is 4.74 Å². The molecule has 0 bridgehead atoms. The maximum atomic E-state index is 5.33. The van der Waals surface area contributed by atoms with Gasteiger partial charge in [0, 0.05) is 37.1 Å². The average Bonchev–Trinajstić information content (AvgIpc) is 2.93. The van der Waals surface area contributed by atoms with E-state index in [2.05, 4.69) is 53.7 Å². The lowest BCUT2D eigenvalue weighted by Crippen LogP contribution is -2.38. The minimum atomic E-state index is 0.0977. The Bertz CT molecular complexity index is 451. The molecule has 0 saturated carbocycles. The van der Waals surface area contributed by atoms with Crippen molar-refractivity contribution in [2.45, 2.75) is 53.0 Å². The predicted octanol–water partition coefficient (Wildman–Crippen LogP) is 2.92. The normalized spacial score (nSPS) is 12.5. The summed E-state index contributed by atoms with van der Waals surface area (Å²) in [5, 5.41) is 9.76. The van der Waals surface area contributed by atoms with Crippen LogP contribution in [0.25, 0.3) is 0 Å². The van der Waals surface area contributed by atoms with Gasteiger partial charge in [0.05, 0.1) is 12.2 Å². The van der Waals surface area contributed by atoms with Crippen LogP contribution in [0.3, 0.4) is 0 Å². The highest BCUT2D eigenvalue weighted by Gasteiger charge is 2.17. The van der Waals surface area contributed by atoms with E-state index in [0.29, 0.717) is 6.54 Å². The fourth-order valence-electron chi connectivity index (χ4n) is 1.74. The van der Waals surface area contributed by atoms with E-state index in [1.165, 1.54) is 0 Å². The summed E-state index contributed by atoms with van der Waals surface area (Å²) >= 11 is 1.68. The van der Waals surface area contributed by atoms with Crippen LogP contribution in [0.15, 0.2) is 10.4 Å². The first-order valence-corrected chi connectivity index (χ1v) is 8.90. The maximum Gasteiger partial charge on any atom is 0.191 e. The summed E-state index contributed by atoms with van der Waals surface area (Å²) in [5.74, 6) is 0.839. The third-order valence-corrected chi connectivity index (χ3v) is 3.83. The molecule has 1 rings (SSSR count). The van der Waals surface area contributed by atoms with Gasteiger partial charge in [0.15, 0.2) is 5.96 Å².